The van der Waals surface area contributed by atoms with E-state index in [1.165, 1.54) is 5.56 Å². The van der Waals surface area contributed by atoms with E-state index in [-0.39, 0.29) is 0 Å². The highest BCUT2D eigenvalue weighted by molar-refractivity contribution is 6.32. The summed E-state index contributed by atoms with van der Waals surface area (Å²) in [7, 11) is 1.96. The van der Waals surface area contributed by atoms with E-state index >= 15 is 0 Å². The van der Waals surface area contributed by atoms with Crippen molar-refractivity contribution in [2.75, 3.05) is 13.6 Å². The van der Waals surface area contributed by atoms with Crippen LogP contribution in [0.2, 0.25) is 5.02 Å². The summed E-state index contributed by atoms with van der Waals surface area (Å²) in [5.74, 6) is 0.600. The van der Waals surface area contributed by atoms with Crippen molar-refractivity contribution in [1.82, 2.24) is 20.3 Å². The van der Waals surface area contributed by atoms with Crippen LogP contribution < -0.4 is 5.32 Å². The van der Waals surface area contributed by atoms with Gasteiger partial charge in [-0.3, -0.25) is 4.98 Å². The van der Waals surface area contributed by atoms with E-state index in [1.807, 2.05) is 20.9 Å². The molecular formula is C15H19ClN4. The molecule has 0 saturated carbocycles. The van der Waals surface area contributed by atoms with E-state index in [2.05, 4.69) is 20.3 Å². The number of hydrogen-bond donors (Lipinski definition) is 1. The summed E-state index contributed by atoms with van der Waals surface area (Å²) in [5.41, 5.74) is 3.87. The van der Waals surface area contributed by atoms with Gasteiger partial charge in [0, 0.05) is 17.6 Å². The van der Waals surface area contributed by atoms with E-state index in [0.29, 0.717) is 16.5 Å². The zero-order chi connectivity index (χ0) is 14.5. The first kappa shape index (κ1) is 14.9. The second-order valence-electron chi connectivity index (χ2n) is 4.74. The Morgan fingerprint density at radius 1 is 1.20 bits per heavy atom. The van der Waals surface area contributed by atoms with Crippen LogP contribution in [0.4, 0.5) is 0 Å². The minimum atomic E-state index is 0.578. The van der Waals surface area contributed by atoms with Crippen LogP contribution in [0.1, 0.15) is 23.4 Å². The molecule has 0 aliphatic rings. The third-order valence-electron chi connectivity index (χ3n) is 3.24. The molecule has 2 rings (SSSR count). The lowest BCUT2D eigenvalue weighted by atomic mass is 10.1. The third-order valence-corrected chi connectivity index (χ3v) is 3.55. The van der Waals surface area contributed by atoms with E-state index in [0.717, 1.165) is 30.8 Å². The molecule has 0 radical (unpaired) electrons. The van der Waals surface area contributed by atoms with Crippen molar-refractivity contribution in [3.63, 3.8) is 0 Å². The Kier molecular flexibility index (Phi) is 5.04. The monoisotopic (exact) mass is 290 g/mol. The van der Waals surface area contributed by atoms with Crippen molar-refractivity contribution >= 4 is 11.6 Å². The molecule has 0 unspecified atom stereocenters. The summed E-state index contributed by atoms with van der Waals surface area (Å²) in [6, 6.07) is 3.61. The van der Waals surface area contributed by atoms with Gasteiger partial charge in [0.1, 0.15) is 5.69 Å². The van der Waals surface area contributed by atoms with Gasteiger partial charge >= 0.3 is 0 Å². The quantitative estimate of drug-likeness (QED) is 0.860. The summed E-state index contributed by atoms with van der Waals surface area (Å²) in [5, 5.41) is 3.73. The van der Waals surface area contributed by atoms with Crippen molar-refractivity contribution < 1.29 is 0 Å². The molecule has 0 atom stereocenters. The SMILES string of the molecule is CNCCCc1c(C)nc(-c2ncccc2Cl)nc1C. The first-order valence-electron chi connectivity index (χ1n) is 6.73. The van der Waals surface area contributed by atoms with Crippen LogP contribution in [0.3, 0.4) is 0 Å². The predicted molar refractivity (Wildman–Crippen MR) is 82.0 cm³/mol. The largest absolute Gasteiger partial charge is 0.320 e. The average Bonchev–Trinajstić information content (AvgIpc) is 2.42. The summed E-state index contributed by atoms with van der Waals surface area (Å²) in [6.07, 6.45) is 3.76. The fourth-order valence-electron chi connectivity index (χ4n) is 2.20. The number of nitrogens with zero attached hydrogens (tertiary/aromatic N) is 3. The van der Waals surface area contributed by atoms with Crippen LogP contribution in [0.15, 0.2) is 18.3 Å². The van der Waals surface area contributed by atoms with Gasteiger partial charge in [-0.25, -0.2) is 9.97 Å². The molecule has 2 aromatic rings. The molecular weight excluding hydrogens is 272 g/mol. The van der Waals surface area contributed by atoms with Crippen LogP contribution in [-0.4, -0.2) is 28.5 Å². The molecule has 20 heavy (non-hydrogen) atoms. The van der Waals surface area contributed by atoms with E-state index in [4.69, 9.17) is 11.6 Å². The van der Waals surface area contributed by atoms with Gasteiger partial charge in [-0.15, -0.1) is 0 Å². The highest BCUT2D eigenvalue weighted by Crippen LogP contribution is 2.24. The number of hydrogen-bond acceptors (Lipinski definition) is 4. The number of pyridine rings is 1. The van der Waals surface area contributed by atoms with Gasteiger partial charge in [0.2, 0.25) is 0 Å². The first-order valence-corrected chi connectivity index (χ1v) is 7.11. The molecule has 2 heterocycles. The summed E-state index contributed by atoms with van der Waals surface area (Å²) in [6.45, 7) is 5.03. The summed E-state index contributed by atoms with van der Waals surface area (Å²) < 4.78 is 0. The van der Waals surface area contributed by atoms with Gasteiger partial charge in [0.05, 0.1) is 5.02 Å². The Morgan fingerprint density at radius 2 is 1.90 bits per heavy atom. The molecule has 0 aliphatic carbocycles. The zero-order valence-corrected chi connectivity index (χ0v) is 12.8. The summed E-state index contributed by atoms with van der Waals surface area (Å²) in [4.78, 5) is 13.4. The van der Waals surface area contributed by atoms with Crippen molar-refractivity contribution in [3.05, 3.63) is 40.3 Å². The third kappa shape index (κ3) is 3.32. The van der Waals surface area contributed by atoms with Crippen LogP contribution in [-0.2, 0) is 6.42 Å². The summed E-state index contributed by atoms with van der Waals surface area (Å²) >= 11 is 6.15. The molecule has 0 aliphatic heterocycles. The lowest BCUT2D eigenvalue weighted by Gasteiger charge is -2.11. The minimum Gasteiger partial charge on any atom is -0.320 e. The van der Waals surface area contributed by atoms with E-state index in [1.54, 1.807) is 18.3 Å². The molecule has 0 bridgehead atoms. The molecule has 106 valence electrons. The Morgan fingerprint density at radius 3 is 2.50 bits per heavy atom. The average molecular weight is 291 g/mol. The maximum Gasteiger partial charge on any atom is 0.180 e. The lowest BCUT2D eigenvalue weighted by molar-refractivity contribution is 0.715. The van der Waals surface area contributed by atoms with Gasteiger partial charge in [-0.2, -0.15) is 0 Å². The molecule has 5 heteroatoms. The maximum absolute atomic E-state index is 6.15. The Bertz CT molecular complexity index is 575. The van der Waals surface area contributed by atoms with Crippen LogP contribution in [0.25, 0.3) is 11.5 Å². The first-order chi connectivity index (χ1) is 9.63. The standard InChI is InChI=1S/C15H19ClN4/c1-10-12(6-4-8-17-3)11(2)20-15(19-10)14-13(16)7-5-9-18-14/h5,7,9,17H,4,6,8H2,1-3H3. The number of aryl methyl sites for hydroxylation is 2. The van der Waals surface area contributed by atoms with Gasteiger partial charge < -0.3 is 5.32 Å². The highest BCUT2D eigenvalue weighted by atomic mass is 35.5. The van der Waals surface area contributed by atoms with Gasteiger partial charge in [-0.05, 0) is 58.0 Å². The lowest BCUT2D eigenvalue weighted by Crippen LogP contribution is -2.10. The zero-order valence-electron chi connectivity index (χ0n) is 12.1. The normalized spacial score (nSPS) is 10.8. The molecule has 0 spiro atoms. The Labute approximate surface area is 124 Å². The Hall–Kier alpha value is -1.52. The molecule has 0 aromatic carbocycles. The Balaban J connectivity index is 2.33. The molecule has 0 amide bonds. The highest BCUT2D eigenvalue weighted by Gasteiger charge is 2.12. The van der Waals surface area contributed by atoms with Gasteiger partial charge in [0.25, 0.3) is 0 Å². The smallest absolute Gasteiger partial charge is 0.180 e. The van der Waals surface area contributed by atoms with Crippen LogP contribution in [0, 0.1) is 13.8 Å². The van der Waals surface area contributed by atoms with Crippen molar-refractivity contribution in [2.24, 2.45) is 0 Å². The second kappa shape index (κ2) is 6.77. The fraction of sp³-hybridized carbons (Fsp3) is 0.400. The number of nitrogens with one attached hydrogen (secondary N) is 1. The maximum atomic E-state index is 6.15. The molecule has 0 fully saturated rings. The molecule has 4 nitrogen and oxygen atoms in total. The van der Waals surface area contributed by atoms with Gasteiger partial charge in [-0.1, -0.05) is 11.6 Å². The van der Waals surface area contributed by atoms with Crippen LogP contribution >= 0.6 is 11.6 Å². The second-order valence-corrected chi connectivity index (χ2v) is 5.14. The molecule has 2 aromatic heterocycles. The van der Waals surface area contributed by atoms with Crippen molar-refractivity contribution in [2.45, 2.75) is 26.7 Å². The topological polar surface area (TPSA) is 50.7 Å². The molecule has 1 N–H and O–H groups in total. The van der Waals surface area contributed by atoms with E-state index < -0.39 is 0 Å². The van der Waals surface area contributed by atoms with Crippen molar-refractivity contribution in [1.29, 1.82) is 0 Å². The van der Waals surface area contributed by atoms with Crippen molar-refractivity contribution in [3.8, 4) is 11.5 Å². The van der Waals surface area contributed by atoms with E-state index in [9.17, 15) is 0 Å². The number of halogens is 1. The molecule has 0 saturated heterocycles. The predicted octanol–water partition coefficient (Wildman–Crippen LogP) is 2.96. The minimum absolute atomic E-state index is 0.578. The fourth-order valence-corrected chi connectivity index (χ4v) is 2.41. The number of aromatic nitrogens is 3. The van der Waals surface area contributed by atoms with Crippen LogP contribution in [0.5, 0.6) is 0 Å². The van der Waals surface area contributed by atoms with Gasteiger partial charge in [0.15, 0.2) is 5.82 Å². The number of rotatable bonds is 5.